The molecule has 1 atom stereocenters. The molecule has 0 aromatic heterocycles. The number of hydrogen-bond acceptors (Lipinski definition) is 0. The fourth-order valence-electron chi connectivity index (χ4n) is 1.50. The molecule has 0 spiro atoms. The first-order chi connectivity index (χ1) is 8.31. The number of hydrogen-bond donors (Lipinski definition) is 0. The van der Waals surface area contributed by atoms with Crippen LogP contribution in [-0.4, -0.2) is 9.98 Å². The van der Waals surface area contributed by atoms with E-state index in [1.807, 2.05) is 6.08 Å². The van der Waals surface area contributed by atoms with Crippen LogP contribution in [0.5, 0.6) is 0 Å². The number of rotatable bonds is 0. The Balaban J connectivity index is -0.000000215. The van der Waals surface area contributed by atoms with Crippen LogP contribution in [0.4, 0.5) is 0 Å². The van der Waals surface area contributed by atoms with E-state index in [1.54, 1.807) is 21.6 Å². The molecule has 0 fully saturated rings. The summed E-state index contributed by atoms with van der Waals surface area (Å²) in [6, 6.07) is 0. The molecule has 20 heavy (non-hydrogen) atoms. The molecular weight excluding hydrogens is 427 g/mol. The average Bonchev–Trinajstić information content (AvgIpc) is 2.76. The standard InChI is InChI=1S/2C7H9.C2H6Ge.2ClH.Zr/c2*1-6-3-4-7(2)5-6;1-3-2;;;/h5H,3H2,1-2H3;3,5,7H,1-2H3;1-2H3;2*1H;/q2*-1;;;;+2/p-2. The molecule has 2 aliphatic rings. The summed E-state index contributed by atoms with van der Waals surface area (Å²) in [4.78, 5) is 0. The van der Waals surface area contributed by atoms with E-state index in [0.717, 1.165) is 6.42 Å². The van der Waals surface area contributed by atoms with Gasteiger partial charge in [0.15, 0.2) is 0 Å². The Labute approximate surface area is 154 Å². The zero-order chi connectivity index (χ0) is 14.1. The van der Waals surface area contributed by atoms with Gasteiger partial charge in [0, 0.05) is 0 Å². The third-order valence-electron chi connectivity index (χ3n) is 2.20. The summed E-state index contributed by atoms with van der Waals surface area (Å²) < 4.78 is 0. The van der Waals surface area contributed by atoms with E-state index in [0.29, 0.717) is 5.92 Å². The molecule has 4 heteroatoms. The molecule has 2 rings (SSSR count). The van der Waals surface area contributed by atoms with E-state index in [1.165, 1.54) is 16.7 Å². The smallest absolute Gasteiger partial charge is 1.00 e. The van der Waals surface area contributed by atoms with Gasteiger partial charge in [0.25, 0.3) is 0 Å². The Morgan fingerprint density at radius 3 is 1.80 bits per heavy atom. The van der Waals surface area contributed by atoms with Crippen molar-refractivity contribution < 1.29 is 46.4 Å². The molecule has 1 unspecified atom stereocenters. The summed E-state index contributed by atoms with van der Waals surface area (Å²) in [6.07, 6.45) is 13.8. The van der Waals surface area contributed by atoms with Gasteiger partial charge in [-0.05, 0) is 0 Å². The second-order valence-electron chi connectivity index (χ2n) is 5.04. The van der Waals surface area contributed by atoms with E-state index in [2.05, 4.69) is 63.5 Å². The van der Waals surface area contributed by atoms with Gasteiger partial charge in [-0.3, -0.25) is 12.2 Å². The Kier molecular flexibility index (Phi) is 19.3. The van der Waals surface area contributed by atoms with Crippen LogP contribution in [0.25, 0.3) is 0 Å². The molecule has 0 aromatic carbocycles. The molecule has 0 saturated heterocycles. The molecule has 0 aromatic rings. The van der Waals surface area contributed by atoms with E-state index < -0.39 is 0 Å². The van der Waals surface area contributed by atoms with Crippen LogP contribution in [0.3, 0.4) is 0 Å². The fourth-order valence-corrected chi connectivity index (χ4v) is 1.50. The minimum Gasteiger partial charge on any atom is -1.00 e. The first-order valence-corrected chi connectivity index (χ1v) is 18.0. The van der Waals surface area contributed by atoms with Crippen molar-refractivity contribution in [1.82, 2.24) is 0 Å². The van der Waals surface area contributed by atoms with Gasteiger partial charge in [-0.25, -0.2) is 23.3 Å². The number of allylic oxidation sites excluding steroid dienone is 8. The molecule has 0 N–H and O–H groups in total. The summed E-state index contributed by atoms with van der Waals surface area (Å²) in [5.41, 5.74) is 4.06. The first-order valence-electron chi connectivity index (χ1n) is 6.35. The fraction of sp³-hybridized carbons (Fsp3) is 0.500. The van der Waals surface area contributed by atoms with E-state index in [-0.39, 0.29) is 34.8 Å². The van der Waals surface area contributed by atoms with Crippen molar-refractivity contribution in [3.8, 4) is 0 Å². The Hall–Kier alpha value is 0.966. The van der Waals surface area contributed by atoms with Gasteiger partial charge in [-0.15, -0.1) is 13.3 Å². The van der Waals surface area contributed by atoms with E-state index in [4.69, 9.17) is 0 Å². The monoisotopic (exact) mass is 450 g/mol. The molecule has 2 aliphatic carbocycles. The van der Waals surface area contributed by atoms with Gasteiger partial charge < -0.3 is 24.8 Å². The van der Waals surface area contributed by atoms with Crippen molar-refractivity contribution in [2.75, 3.05) is 0 Å². The number of halogens is 2. The van der Waals surface area contributed by atoms with Crippen LogP contribution in [-0.2, 0) is 21.6 Å². The zero-order valence-corrected chi connectivity index (χ0v) is 19.3. The third kappa shape index (κ3) is 17.0. The maximum Gasteiger partial charge on any atom is -1.00 e. The minimum atomic E-state index is -0.243. The molecule has 0 radical (unpaired) electrons. The second-order valence-corrected chi connectivity index (χ2v) is 22.0. The third-order valence-corrected chi connectivity index (χ3v) is 2.20. The SMILES string of the molecule is CC1=CC(C)[C-]=C1.CC1=[C-]CC(C)=C1.[CH3][Ge]([CH3])=[Zr+2].[Cl-].[Cl-]. The van der Waals surface area contributed by atoms with Crippen molar-refractivity contribution >= 4 is 9.98 Å². The second kappa shape index (κ2) is 14.9. The average molecular weight is 451 g/mol. The molecule has 0 nitrogen and oxygen atoms in total. The van der Waals surface area contributed by atoms with Crippen LogP contribution in [0.15, 0.2) is 34.9 Å². The largest absolute Gasteiger partial charge is 1.00 e. The van der Waals surface area contributed by atoms with Crippen LogP contribution in [0.2, 0.25) is 11.5 Å². The predicted molar refractivity (Wildman–Crippen MR) is 79.0 cm³/mol. The van der Waals surface area contributed by atoms with E-state index >= 15 is 0 Å². The van der Waals surface area contributed by atoms with E-state index in [9.17, 15) is 0 Å². The molecule has 0 heterocycles. The van der Waals surface area contributed by atoms with Crippen LogP contribution in [0, 0.1) is 18.1 Å². The Bertz CT molecular complexity index is 403. The normalized spacial score (nSPS) is 18.0. The predicted octanol–water partition coefficient (Wildman–Crippen LogP) is -1.18. The topological polar surface area (TPSA) is 0 Å². The van der Waals surface area contributed by atoms with Gasteiger partial charge in [-0.2, -0.15) is 11.6 Å². The van der Waals surface area contributed by atoms with Gasteiger partial charge >= 0.3 is 43.1 Å². The van der Waals surface area contributed by atoms with Crippen molar-refractivity contribution in [2.45, 2.75) is 45.6 Å². The maximum atomic E-state index is 3.19. The molecule has 0 amide bonds. The summed E-state index contributed by atoms with van der Waals surface area (Å²) in [7, 11) is -0.243. The maximum absolute atomic E-state index is 3.19. The quantitative estimate of drug-likeness (QED) is 0.322. The van der Waals surface area contributed by atoms with Gasteiger partial charge in [0.1, 0.15) is 0 Å². The molecule has 0 bridgehead atoms. The Morgan fingerprint density at radius 1 is 1.20 bits per heavy atom. The zero-order valence-electron chi connectivity index (χ0n) is 13.3. The minimum absolute atomic E-state index is 0. The van der Waals surface area contributed by atoms with Crippen molar-refractivity contribution in [1.29, 1.82) is 0 Å². The summed E-state index contributed by atoms with van der Waals surface area (Å²) in [5.74, 6) is 5.30. The van der Waals surface area contributed by atoms with Crippen LogP contribution >= 0.6 is 0 Å². The summed E-state index contributed by atoms with van der Waals surface area (Å²) >= 11 is 1.80. The molecular formula is C16H24Cl2GeZr-2. The van der Waals surface area contributed by atoms with Gasteiger partial charge in [0.2, 0.25) is 0 Å². The Morgan fingerprint density at radius 2 is 1.70 bits per heavy atom. The van der Waals surface area contributed by atoms with Gasteiger partial charge in [-0.1, -0.05) is 26.7 Å². The van der Waals surface area contributed by atoms with Crippen molar-refractivity contribution in [2.24, 2.45) is 5.92 Å². The summed E-state index contributed by atoms with van der Waals surface area (Å²) in [5, 5.41) is 0. The molecule has 0 saturated carbocycles. The summed E-state index contributed by atoms with van der Waals surface area (Å²) in [6.45, 7) is 8.43. The van der Waals surface area contributed by atoms with Crippen molar-refractivity contribution in [3.05, 3.63) is 47.1 Å². The van der Waals surface area contributed by atoms with Crippen molar-refractivity contribution in [3.63, 3.8) is 0 Å². The van der Waals surface area contributed by atoms with Crippen LogP contribution in [0.1, 0.15) is 34.1 Å². The van der Waals surface area contributed by atoms with Crippen LogP contribution < -0.4 is 24.8 Å². The van der Waals surface area contributed by atoms with Gasteiger partial charge in [0.05, 0.1) is 0 Å². The molecule has 112 valence electrons. The molecule has 0 aliphatic heterocycles. The first kappa shape index (κ1) is 25.9.